The first-order valence-electron chi connectivity index (χ1n) is 8.62. The number of carbonyl (C=O) groups is 2. The molecule has 4 N–H and O–H groups in total. The molecule has 0 unspecified atom stereocenters. The maximum atomic E-state index is 12.3. The van der Waals surface area contributed by atoms with Crippen LogP contribution in [0.15, 0.2) is 60.7 Å². The van der Waals surface area contributed by atoms with Crippen molar-refractivity contribution in [3.05, 3.63) is 71.8 Å². The van der Waals surface area contributed by atoms with Crippen molar-refractivity contribution in [3.63, 3.8) is 0 Å². The Bertz CT molecular complexity index is 825. The Labute approximate surface area is 163 Å². The van der Waals surface area contributed by atoms with Gasteiger partial charge in [-0.05, 0) is 18.1 Å². The molecule has 0 aliphatic heterocycles. The summed E-state index contributed by atoms with van der Waals surface area (Å²) in [4.78, 5) is 43.2. The van der Waals surface area contributed by atoms with Crippen molar-refractivity contribution in [2.75, 3.05) is 0 Å². The van der Waals surface area contributed by atoms with Gasteiger partial charge >= 0.3 is 13.7 Å². The van der Waals surface area contributed by atoms with Crippen LogP contribution in [0.2, 0.25) is 0 Å². The molecule has 8 nitrogen and oxygen atoms in total. The zero-order valence-electron chi connectivity index (χ0n) is 15.3. The van der Waals surface area contributed by atoms with Crippen LogP contribution in [0.1, 0.15) is 18.1 Å². The summed E-state index contributed by atoms with van der Waals surface area (Å²) in [6.07, 6.45) is -0.843. The van der Waals surface area contributed by atoms with E-state index < -0.39 is 31.4 Å². The maximum Gasteiger partial charge on any atom is 0.408 e. The third-order valence-corrected chi connectivity index (χ3v) is 5.05. The molecule has 150 valence electrons. The Hall–Kier alpha value is -2.67. The molecule has 2 rings (SSSR count). The molecule has 2 atom stereocenters. The second-order valence-electron chi connectivity index (χ2n) is 6.23. The van der Waals surface area contributed by atoms with Crippen molar-refractivity contribution in [2.24, 2.45) is 0 Å². The standard InChI is InChI=1S/C19H23N2O6P/c1-14(20-19(23)27-13-16-10-6-3-7-11-16)18(22)21-17(28(24,25)26)12-15-8-4-2-5-9-15/h2-11,14,17H,12-13H2,1H3,(H,20,23)(H,21,22)(H2,24,25,26)/t14-,17+/m0/s1. The highest BCUT2D eigenvalue weighted by Gasteiger charge is 2.32. The van der Waals surface area contributed by atoms with E-state index in [2.05, 4.69) is 10.6 Å². The fraction of sp³-hybridized carbons (Fsp3) is 0.263. The second kappa shape index (κ2) is 10.0. The van der Waals surface area contributed by atoms with Crippen molar-refractivity contribution in [3.8, 4) is 0 Å². The summed E-state index contributed by atoms with van der Waals surface area (Å²) in [6.45, 7) is 1.44. The van der Waals surface area contributed by atoms with Crippen molar-refractivity contribution >= 4 is 19.6 Å². The van der Waals surface area contributed by atoms with Gasteiger partial charge in [-0.1, -0.05) is 60.7 Å². The molecule has 2 aromatic rings. The van der Waals surface area contributed by atoms with E-state index in [1.54, 1.807) is 42.5 Å². The van der Waals surface area contributed by atoms with E-state index in [9.17, 15) is 23.9 Å². The minimum atomic E-state index is -4.60. The summed E-state index contributed by atoms with van der Waals surface area (Å²) in [5.41, 5.74) is 1.46. The molecule has 2 amide bonds. The molecule has 0 aliphatic rings. The molecular weight excluding hydrogens is 383 g/mol. The fourth-order valence-corrected chi connectivity index (χ4v) is 3.13. The lowest BCUT2D eigenvalue weighted by Gasteiger charge is -2.22. The van der Waals surface area contributed by atoms with E-state index in [1.165, 1.54) is 6.92 Å². The van der Waals surface area contributed by atoms with Crippen LogP contribution in [0.4, 0.5) is 4.79 Å². The van der Waals surface area contributed by atoms with Crippen molar-refractivity contribution in [2.45, 2.75) is 31.8 Å². The molecule has 0 fully saturated rings. The smallest absolute Gasteiger partial charge is 0.408 e. The number of amides is 2. The van der Waals surface area contributed by atoms with E-state index in [0.29, 0.717) is 5.56 Å². The summed E-state index contributed by atoms with van der Waals surface area (Å²) in [6, 6.07) is 16.7. The number of alkyl carbamates (subject to hydrolysis) is 1. The predicted octanol–water partition coefficient (Wildman–Crippen LogP) is 2.16. The maximum absolute atomic E-state index is 12.3. The summed E-state index contributed by atoms with van der Waals surface area (Å²) >= 11 is 0. The van der Waals surface area contributed by atoms with Crippen LogP contribution in [0, 0.1) is 0 Å². The number of rotatable bonds is 8. The number of ether oxygens (including phenoxy) is 1. The molecule has 0 saturated heterocycles. The molecule has 0 aliphatic carbocycles. The third kappa shape index (κ3) is 7.15. The number of hydrogen-bond acceptors (Lipinski definition) is 4. The molecule has 2 aromatic carbocycles. The zero-order valence-corrected chi connectivity index (χ0v) is 16.2. The Morgan fingerprint density at radius 2 is 1.50 bits per heavy atom. The highest BCUT2D eigenvalue weighted by molar-refractivity contribution is 7.52. The fourth-order valence-electron chi connectivity index (χ4n) is 2.39. The Balaban J connectivity index is 1.89. The van der Waals surface area contributed by atoms with Crippen molar-refractivity contribution in [1.29, 1.82) is 0 Å². The lowest BCUT2D eigenvalue weighted by molar-refractivity contribution is -0.123. The lowest BCUT2D eigenvalue weighted by atomic mass is 10.1. The molecule has 0 spiro atoms. The highest BCUT2D eigenvalue weighted by Crippen LogP contribution is 2.41. The van der Waals surface area contributed by atoms with E-state index >= 15 is 0 Å². The van der Waals surface area contributed by atoms with Gasteiger partial charge in [0.25, 0.3) is 0 Å². The number of benzene rings is 2. The first-order valence-corrected chi connectivity index (χ1v) is 10.3. The minimum absolute atomic E-state index is 0.0397. The van der Waals surface area contributed by atoms with Crippen LogP contribution >= 0.6 is 7.60 Å². The van der Waals surface area contributed by atoms with Crippen LogP contribution in [0.3, 0.4) is 0 Å². The quantitative estimate of drug-likeness (QED) is 0.498. The monoisotopic (exact) mass is 406 g/mol. The Morgan fingerprint density at radius 1 is 0.964 bits per heavy atom. The number of hydrogen-bond donors (Lipinski definition) is 4. The summed E-state index contributed by atoms with van der Waals surface area (Å²) in [5, 5.41) is 4.66. The van der Waals surface area contributed by atoms with Gasteiger partial charge in [0, 0.05) is 6.42 Å². The SMILES string of the molecule is C[C@H](NC(=O)OCc1ccccc1)C(=O)N[C@@H](Cc1ccccc1)P(=O)(O)O. The predicted molar refractivity (Wildman–Crippen MR) is 103 cm³/mol. The molecule has 0 radical (unpaired) electrons. The van der Waals surface area contributed by atoms with Crippen molar-refractivity contribution < 1.29 is 28.7 Å². The van der Waals surface area contributed by atoms with E-state index in [4.69, 9.17) is 4.74 Å². The van der Waals surface area contributed by atoms with Crippen LogP contribution in [0.25, 0.3) is 0 Å². The largest absolute Gasteiger partial charge is 0.445 e. The summed E-state index contributed by atoms with van der Waals surface area (Å²) in [5.74, 6) is -2.12. The van der Waals surface area contributed by atoms with Gasteiger partial charge < -0.3 is 25.2 Å². The molecule has 0 bridgehead atoms. The first-order chi connectivity index (χ1) is 13.3. The van der Waals surface area contributed by atoms with E-state index in [1.807, 2.05) is 18.2 Å². The van der Waals surface area contributed by atoms with Gasteiger partial charge in [0.15, 0.2) is 0 Å². The average Bonchev–Trinajstić information content (AvgIpc) is 2.66. The third-order valence-electron chi connectivity index (χ3n) is 3.93. The van der Waals surface area contributed by atoms with Gasteiger partial charge in [-0.25, -0.2) is 4.79 Å². The normalized spacial score (nSPS) is 13.2. The van der Waals surface area contributed by atoms with Gasteiger partial charge in [0.05, 0.1) is 0 Å². The zero-order chi connectivity index (χ0) is 20.6. The first kappa shape index (κ1) is 21.6. The number of carbonyl (C=O) groups excluding carboxylic acids is 2. The topological polar surface area (TPSA) is 125 Å². The van der Waals surface area contributed by atoms with E-state index in [-0.39, 0.29) is 13.0 Å². The summed E-state index contributed by atoms with van der Waals surface area (Å²) in [7, 11) is -4.60. The van der Waals surface area contributed by atoms with Gasteiger partial charge in [0.1, 0.15) is 18.4 Å². The Kier molecular flexibility index (Phi) is 7.75. The van der Waals surface area contributed by atoms with Crippen molar-refractivity contribution in [1.82, 2.24) is 10.6 Å². The molecule has 0 saturated carbocycles. The Morgan fingerprint density at radius 3 is 2.04 bits per heavy atom. The molecule has 28 heavy (non-hydrogen) atoms. The molecular formula is C19H23N2O6P. The van der Waals surface area contributed by atoms with Gasteiger partial charge in [-0.2, -0.15) is 0 Å². The van der Waals surface area contributed by atoms with Gasteiger partial charge in [-0.15, -0.1) is 0 Å². The van der Waals surface area contributed by atoms with Crippen LogP contribution in [-0.4, -0.2) is 33.6 Å². The highest BCUT2D eigenvalue weighted by atomic mass is 31.2. The van der Waals surface area contributed by atoms with Crippen LogP contribution in [-0.2, 0) is 27.1 Å². The average molecular weight is 406 g/mol. The molecule has 9 heteroatoms. The van der Waals surface area contributed by atoms with Crippen LogP contribution < -0.4 is 10.6 Å². The molecule has 0 heterocycles. The second-order valence-corrected chi connectivity index (χ2v) is 8.03. The molecule has 0 aromatic heterocycles. The number of nitrogens with one attached hydrogen (secondary N) is 2. The van der Waals surface area contributed by atoms with E-state index in [0.717, 1.165) is 5.56 Å². The minimum Gasteiger partial charge on any atom is -0.445 e. The van der Waals surface area contributed by atoms with Gasteiger partial charge in [-0.3, -0.25) is 9.36 Å². The lowest BCUT2D eigenvalue weighted by Crippen LogP contribution is -2.48. The van der Waals surface area contributed by atoms with Crippen LogP contribution in [0.5, 0.6) is 0 Å². The van der Waals surface area contributed by atoms with Gasteiger partial charge in [0.2, 0.25) is 5.91 Å². The summed E-state index contributed by atoms with van der Waals surface area (Å²) < 4.78 is 16.8.